The standard InChI is InChI=1S/C15H27N3O2/c1-5-18-14(13(20-4)10-16-18)15(19)6-8-17(9-7-15)11-12(2)3/h10,12,19H,5-9,11H2,1-4H3. The van der Waals surface area contributed by atoms with Crippen molar-refractivity contribution < 1.29 is 9.84 Å². The molecule has 1 fully saturated rings. The SMILES string of the molecule is CCn1ncc(OC)c1C1(O)CCN(CC(C)C)CC1. The fraction of sp³-hybridized carbons (Fsp3) is 0.800. The van der Waals surface area contributed by atoms with Gasteiger partial charge < -0.3 is 14.7 Å². The van der Waals surface area contributed by atoms with Crippen LogP contribution in [0.4, 0.5) is 0 Å². The van der Waals surface area contributed by atoms with Crippen molar-refractivity contribution in [3.8, 4) is 5.75 Å². The van der Waals surface area contributed by atoms with Gasteiger partial charge in [0.05, 0.1) is 13.3 Å². The summed E-state index contributed by atoms with van der Waals surface area (Å²) in [7, 11) is 1.64. The van der Waals surface area contributed by atoms with E-state index in [2.05, 4.69) is 23.8 Å². The van der Waals surface area contributed by atoms with Gasteiger partial charge in [0.1, 0.15) is 11.3 Å². The normalized spacial score (nSPS) is 19.5. The summed E-state index contributed by atoms with van der Waals surface area (Å²) in [5, 5.41) is 15.4. The number of hydrogen-bond donors (Lipinski definition) is 1. The predicted molar refractivity (Wildman–Crippen MR) is 78.9 cm³/mol. The topological polar surface area (TPSA) is 50.5 Å². The maximum atomic E-state index is 11.0. The molecule has 114 valence electrons. The molecule has 0 aromatic carbocycles. The van der Waals surface area contributed by atoms with E-state index in [9.17, 15) is 5.11 Å². The molecule has 2 heterocycles. The fourth-order valence-electron chi connectivity index (χ4n) is 3.09. The Morgan fingerprint density at radius 2 is 2.05 bits per heavy atom. The van der Waals surface area contributed by atoms with E-state index in [0.29, 0.717) is 11.7 Å². The van der Waals surface area contributed by atoms with Gasteiger partial charge in [-0.2, -0.15) is 5.10 Å². The molecule has 20 heavy (non-hydrogen) atoms. The Labute approximate surface area is 121 Å². The second-order valence-corrected chi connectivity index (χ2v) is 6.10. The quantitative estimate of drug-likeness (QED) is 0.895. The molecule has 0 atom stereocenters. The van der Waals surface area contributed by atoms with E-state index in [4.69, 9.17) is 4.74 Å². The lowest BCUT2D eigenvalue weighted by Crippen LogP contribution is -2.44. The number of hydrogen-bond acceptors (Lipinski definition) is 4. The van der Waals surface area contributed by atoms with Gasteiger partial charge in [-0.05, 0) is 25.7 Å². The summed E-state index contributed by atoms with van der Waals surface area (Å²) in [6, 6.07) is 0. The number of aliphatic hydroxyl groups is 1. The molecule has 0 unspecified atom stereocenters. The van der Waals surface area contributed by atoms with Gasteiger partial charge in [0.2, 0.25) is 0 Å². The zero-order valence-corrected chi connectivity index (χ0v) is 13.1. The van der Waals surface area contributed by atoms with E-state index in [-0.39, 0.29) is 0 Å². The summed E-state index contributed by atoms with van der Waals surface area (Å²) in [6.07, 6.45) is 3.18. The van der Waals surface area contributed by atoms with E-state index in [1.165, 1.54) is 0 Å². The van der Waals surface area contributed by atoms with Gasteiger partial charge >= 0.3 is 0 Å². The second-order valence-electron chi connectivity index (χ2n) is 6.10. The molecule has 5 nitrogen and oxygen atoms in total. The Morgan fingerprint density at radius 3 is 2.55 bits per heavy atom. The van der Waals surface area contributed by atoms with Crippen molar-refractivity contribution in [2.75, 3.05) is 26.7 Å². The average Bonchev–Trinajstić information content (AvgIpc) is 2.85. The van der Waals surface area contributed by atoms with Crippen LogP contribution in [0.25, 0.3) is 0 Å². The Morgan fingerprint density at radius 1 is 1.40 bits per heavy atom. The molecular formula is C15H27N3O2. The third-order valence-electron chi connectivity index (χ3n) is 4.07. The van der Waals surface area contributed by atoms with Gasteiger partial charge in [0.25, 0.3) is 0 Å². The van der Waals surface area contributed by atoms with Crippen LogP contribution >= 0.6 is 0 Å². The number of piperidine rings is 1. The fourth-order valence-corrected chi connectivity index (χ4v) is 3.09. The first-order valence-electron chi connectivity index (χ1n) is 7.55. The summed E-state index contributed by atoms with van der Waals surface area (Å²) in [6.45, 7) is 10.2. The van der Waals surface area contributed by atoms with Crippen LogP contribution in [0.5, 0.6) is 5.75 Å². The van der Waals surface area contributed by atoms with Crippen molar-refractivity contribution in [2.45, 2.75) is 45.8 Å². The van der Waals surface area contributed by atoms with Gasteiger partial charge in [0, 0.05) is 26.2 Å². The van der Waals surface area contributed by atoms with Crippen molar-refractivity contribution in [1.82, 2.24) is 14.7 Å². The number of likely N-dealkylation sites (tertiary alicyclic amines) is 1. The van der Waals surface area contributed by atoms with Crippen molar-refractivity contribution in [2.24, 2.45) is 5.92 Å². The molecule has 1 aliphatic rings. The number of methoxy groups -OCH3 is 1. The molecule has 1 aromatic heterocycles. The van der Waals surface area contributed by atoms with Crippen LogP contribution in [0.15, 0.2) is 6.20 Å². The Kier molecular flexibility index (Phi) is 4.70. The van der Waals surface area contributed by atoms with Gasteiger partial charge in [-0.1, -0.05) is 13.8 Å². The van der Waals surface area contributed by atoms with Gasteiger partial charge in [0.15, 0.2) is 5.75 Å². The van der Waals surface area contributed by atoms with Crippen molar-refractivity contribution in [3.63, 3.8) is 0 Å². The van der Waals surface area contributed by atoms with E-state index in [1.54, 1.807) is 13.3 Å². The number of aromatic nitrogens is 2. The number of rotatable bonds is 5. The molecule has 1 N–H and O–H groups in total. The van der Waals surface area contributed by atoms with E-state index >= 15 is 0 Å². The van der Waals surface area contributed by atoms with Crippen LogP contribution in [0.2, 0.25) is 0 Å². The number of nitrogens with zero attached hydrogens (tertiary/aromatic N) is 3. The molecule has 2 rings (SSSR count). The summed E-state index contributed by atoms with van der Waals surface area (Å²) < 4.78 is 7.24. The van der Waals surface area contributed by atoms with Crippen LogP contribution in [0.3, 0.4) is 0 Å². The molecule has 0 amide bonds. The van der Waals surface area contributed by atoms with Crippen LogP contribution in [-0.2, 0) is 12.1 Å². The van der Waals surface area contributed by atoms with Crippen LogP contribution in [-0.4, -0.2) is 46.5 Å². The minimum Gasteiger partial charge on any atom is -0.493 e. The smallest absolute Gasteiger partial charge is 0.162 e. The van der Waals surface area contributed by atoms with Gasteiger partial charge in [-0.25, -0.2) is 0 Å². The Bertz CT molecular complexity index is 413. The lowest BCUT2D eigenvalue weighted by atomic mass is 9.87. The highest BCUT2D eigenvalue weighted by Gasteiger charge is 2.39. The van der Waals surface area contributed by atoms with Crippen molar-refractivity contribution in [1.29, 1.82) is 0 Å². The van der Waals surface area contributed by atoms with Gasteiger partial charge in [-0.3, -0.25) is 4.68 Å². The van der Waals surface area contributed by atoms with Crippen molar-refractivity contribution >= 4 is 0 Å². The highest BCUT2D eigenvalue weighted by Crippen LogP contribution is 2.38. The minimum atomic E-state index is -0.814. The predicted octanol–water partition coefficient (Wildman–Crippen LogP) is 1.85. The zero-order chi connectivity index (χ0) is 14.8. The zero-order valence-electron chi connectivity index (χ0n) is 13.1. The summed E-state index contributed by atoms with van der Waals surface area (Å²) in [5.74, 6) is 1.36. The maximum absolute atomic E-state index is 11.0. The van der Waals surface area contributed by atoms with Crippen molar-refractivity contribution in [3.05, 3.63) is 11.9 Å². The first kappa shape index (κ1) is 15.3. The highest BCUT2D eigenvalue weighted by atomic mass is 16.5. The summed E-state index contributed by atoms with van der Waals surface area (Å²) >= 11 is 0. The lowest BCUT2D eigenvalue weighted by molar-refractivity contribution is -0.0360. The van der Waals surface area contributed by atoms with Crippen LogP contribution in [0, 0.1) is 5.92 Å². The molecule has 1 aliphatic heterocycles. The van der Waals surface area contributed by atoms with Crippen LogP contribution < -0.4 is 4.74 Å². The average molecular weight is 281 g/mol. The van der Waals surface area contributed by atoms with E-state index < -0.39 is 5.60 Å². The first-order valence-corrected chi connectivity index (χ1v) is 7.55. The Hall–Kier alpha value is -1.07. The molecule has 0 spiro atoms. The second kappa shape index (κ2) is 6.14. The lowest BCUT2D eigenvalue weighted by Gasteiger charge is -2.39. The molecule has 0 bridgehead atoms. The molecule has 0 saturated carbocycles. The van der Waals surface area contributed by atoms with Gasteiger partial charge in [-0.15, -0.1) is 0 Å². The molecule has 1 aromatic rings. The Balaban J connectivity index is 2.15. The highest BCUT2D eigenvalue weighted by molar-refractivity contribution is 5.31. The minimum absolute atomic E-state index is 0.664. The molecule has 0 radical (unpaired) electrons. The molecule has 1 saturated heterocycles. The number of ether oxygens (including phenoxy) is 1. The first-order chi connectivity index (χ1) is 9.50. The monoisotopic (exact) mass is 281 g/mol. The largest absolute Gasteiger partial charge is 0.493 e. The molecule has 0 aliphatic carbocycles. The molecular weight excluding hydrogens is 254 g/mol. The third kappa shape index (κ3) is 2.99. The van der Waals surface area contributed by atoms with E-state index in [1.807, 2.05) is 11.6 Å². The van der Waals surface area contributed by atoms with Crippen LogP contribution in [0.1, 0.15) is 39.3 Å². The van der Waals surface area contributed by atoms with E-state index in [0.717, 1.165) is 44.7 Å². The maximum Gasteiger partial charge on any atom is 0.162 e. The third-order valence-corrected chi connectivity index (χ3v) is 4.07. The number of aryl methyl sites for hydroxylation is 1. The summed E-state index contributed by atoms with van der Waals surface area (Å²) in [5.41, 5.74) is 0.0254. The summed E-state index contributed by atoms with van der Waals surface area (Å²) in [4.78, 5) is 2.43. The molecule has 5 heteroatoms.